The Morgan fingerprint density at radius 1 is 0.282 bits per heavy atom. The van der Waals surface area contributed by atoms with Gasteiger partial charge in [-0.25, -0.2) is 0 Å². The molecule has 0 amide bonds. The van der Waals surface area contributed by atoms with Gasteiger partial charge in [0.2, 0.25) is 0 Å². The molecule has 0 unspecified atom stereocenters. The number of para-hydroxylation sites is 5. The second-order valence-corrected chi connectivity index (χ2v) is 18.4. The molecular formula is C68H44N2O. The molecule has 3 heteroatoms. The van der Waals surface area contributed by atoms with E-state index in [0.29, 0.717) is 0 Å². The quantitative estimate of drug-likeness (QED) is 0.142. The Bertz CT molecular complexity index is 4260. The molecule has 14 rings (SSSR count). The minimum Gasteiger partial charge on any atom is -0.455 e. The van der Waals surface area contributed by atoms with Crippen molar-refractivity contribution in [2.24, 2.45) is 0 Å². The molecule has 0 radical (unpaired) electrons. The van der Waals surface area contributed by atoms with Crippen molar-refractivity contribution >= 4 is 82.4 Å². The molecule has 2 aromatic heterocycles. The van der Waals surface area contributed by atoms with E-state index in [-0.39, 0.29) is 0 Å². The summed E-state index contributed by atoms with van der Waals surface area (Å²) in [6.45, 7) is 0. The number of hydrogen-bond donors (Lipinski definition) is 0. The van der Waals surface area contributed by atoms with Crippen LogP contribution in [0.5, 0.6) is 0 Å². The Morgan fingerprint density at radius 3 is 1.38 bits per heavy atom. The van der Waals surface area contributed by atoms with Gasteiger partial charge >= 0.3 is 0 Å². The van der Waals surface area contributed by atoms with E-state index in [0.717, 1.165) is 61.3 Å². The maximum absolute atomic E-state index is 6.47. The van der Waals surface area contributed by atoms with E-state index in [1.54, 1.807) is 0 Å². The molecule has 3 nitrogen and oxygen atoms in total. The first kappa shape index (κ1) is 40.6. The van der Waals surface area contributed by atoms with Crippen LogP contribution in [0.15, 0.2) is 271 Å². The SMILES string of the molecule is c1ccc(-n2c3ccccc3c3ccccc32)c(-c2ccc(-c3ccc(N(c4ccc(-c5cc6ccccc6c6ccccc56)cc4)c4ccc(-c5cccc6c5oc5ccccc56)cc4)cc3)cc2)c1. The van der Waals surface area contributed by atoms with Crippen molar-refractivity contribution in [3.05, 3.63) is 267 Å². The van der Waals surface area contributed by atoms with Gasteiger partial charge in [-0.3, -0.25) is 0 Å². The minimum atomic E-state index is 0.901. The molecule has 332 valence electrons. The first-order valence-corrected chi connectivity index (χ1v) is 24.3. The van der Waals surface area contributed by atoms with Crippen molar-refractivity contribution < 1.29 is 4.42 Å². The Balaban J connectivity index is 0.826. The van der Waals surface area contributed by atoms with E-state index in [4.69, 9.17) is 4.42 Å². The van der Waals surface area contributed by atoms with Crippen LogP contribution in [0.25, 0.3) is 115 Å². The lowest BCUT2D eigenvalue weighted by molar-refractivity contribution is 0.670. The number of hydrogen-bond acceptors (Lipinski definition) is 2. The monoisotopic (exact) mass is 904 g/mol. The zero-order valence-electron chi connectivity index (χ0n) is 38.7. The third-order valence-electron chi connectivity index (χ3n) is 14.4. The Kier molecular flexibility index (Phi) is 9.53. The molecule has 0 atom stereocenters. The Labute approximate surface area is 411 Å². The van der Waals surface area contributed by atoms with Gasteiger partial charge in [0, 0.05) is 49.7 Å². The average Bonchev–Trinajstić information content (AvgIpc) is 4.00. The van der Waals surface area contributed by atoms with Crippen LogP contribution >= 0.6 is 0 Å². The minimum absolute atomic E-state index is 0.901. The second kappa shape index (κ2) is 16.7. The van der Waals surface area contributed by atoms with E-state index < -0.39 is 0 Å². The maximum atomic E-state index is 6.47. The fraction of sp³-hybridized carbons (Fsp3) is 0. The third kappa shape index (κ3) is 6.82. The van der Waals surface area contributed by atoms with Crippen LogP contribution < -0.4 is 4.90 Å². The fourth-order valence-electron chi connectivity index (χ4n) is 11.0. The number of benzene rings is 12. The molecule has 0 bridgehead atoms. The first-order valence-electron chi connectivity index (χ1n) is 24.3. The lowest BCUT2D eigenvalue weighted by Gasteiger charge is -2.26. The highest BCUT2D eigenvalue weighted by Crippen LogP contribution is 2.42. The summed E-state index contributed by atoms with van der Waals surface area (Å²) in [5.74, 6) is 0. The fourth-order valence-corrected chi connectivity index (χ4v) is 11.0. The van der Waals surface area contributed by atoms with E-state index in [1.165, 1.54) is 71.3 Å². The van der Waals surface area contributed by atoms with Gasteiger partial charge in [0.15, 0.2) is 0 Å². The van der Waals surface area contributed by atoms with Gasteiger partial charge in [0.25, 0.3) is 0 Å². The summed E-state index contributed by atoms with van der Waals surface area (Å²) in [5.41, 5.74) is 17.9. The number of fused-ring (bicyclic) bond motifs is 9. The van der Waals surface area contributed by atoms with Crippen LogP contribution in [0.1, 0.15) is 0 Å². The summed E-state index contributed by atoms with van der Waals surface area (Å²) in [7, 11) is 0. The smallest absolute Gasteiger partial charge is 0.143 e. The van der Waals surface area contributed by atoms with E-state index in [1.807, 2.05) is 12.1 Å². The van der Waals surface area contributed by atoms with Crippen molar-refractivity contribution in [2.75, 3.05) is 4.90 Å². The molecule has 0 aliphatic heterocycles. The standard InChI is InChI=1S/C68H44N2O/c1-2-15-54-50(14-1)44-63(58-18-4-3-17-57(54)58)49-36-42-53(43-37-49)69(52-40-34-48(35-41-52)56-22-13-23-62-61-21-8-12-27-67(61)71-68(56)62)51-38-32-46(33-39-51)45-28-30-47(31-29-45)55-16-5-9-24-64(55)70-65-25-10-6-19-59(65)60-20-7-11-26-66(60)70/h1-44H. The van der Waals surface area contributed by atoms with Crippen LogP contribution in [0.4, 0.5) is 17.1 Å². The van der Waals surface area contributed by atoms with Crippen LogP contribution in [-0.4, -0.2) is 4.57 Å². The molecule has 71 heavy (non-hydrogen) atoms. The normalized spacial score (nSPS) is 11.7. The molecule has 0 spiro atoms. The number of nitrogens with zero attached hydrogens (tertiary/aromatic N) is 2. The van der Waals surface area contributed by atoms with Crippen LogP contribution in [0, 0.1) is 0 Å². The molecule has 2 heterocycles. The average molecular weight is 905 g/mol. The zero-order valence-corrected chi connectivity index (χ0v) is 38.7. The van der Waals surface area contributed by atoms with Gasteiger partial charge in [-0.2, -0.15) is 0 Å². The highest BCUT2D eigenvalue weighted by Gasteiger charge is 2.19. The Morgan fingerprint density at radius 2 is 0.718 bits per heavy atom. The van der Waals surface area contributed by atoms with Crippen molar-refractivity contribution in [3.63, 3.8) is 0 Å². The largest absolute Gasteiger partial charge is 0.455 e. The van der Waals surface area contributed by atoms with Crippen molar-refractivity contribution in [3.8, 4) is 50.2 Å². The van der Waals surface area contributed by atoms with E-state index >= 15 is 0 Å². The topological polar surface area (TPSA) is 21.3 Å². The van der Waals surface area contributed by atoms with Gasteiger partial charge in [-0.15, -0.1) is 0 Å². The maximum Gasteiger partial charge on any atom is 0.143 e. The number of aromatic nitrogens is 1. The molecule has 0 N–H and O–H groups in total. The number of rotatable bonds is 8. The second-order valence-electron chi connectivity index (χ2n) is 18.4. The van der Waals surface area contributed by atoms with Crippen molar-refractivity contribution in [1.29, 1.82) is 0 Å². The lowest BCUT2D eigenvalue weighted by atomic mass is 9.93. The first-order chi connectivity index (χ1) is 35.2. The van der Waals surface area contributed by atoms with E-state index in [9.17, 15) is 0 Å². The molecule has 0 aliphatic rings. The molecule has 0 saturated carbocycles. The highest BCUT2D eigenvalue weighted by atomic mass is 16.3. The number of anilines is 3. The van der Waals surface area contributed by atoms with Gasteiger partial charge in [-0.1, -0.05) is 200 Å². The van der Waals surface area contributed by atoms with Gasteiger partial charge < -0.3 is 13.9 Å². The van der Waals surface area contributed by atoms with Crippen LogP contribution in [0.2, 0.25) is 0 Å². The van der Waals surface area contributed by atoms with Gasteiger partial charge in [-0.05, 0) is 122 Å². The third-order valence-corrected chi connectivity index (χ3v) is 14.4. The molecule has 12 aromatic carbocycles. The van der Waals surface area contributed by atoms with Crippen molar-refractivity contribution in [1.82, 2.24) is 4.57 Å². The molecule has 0 fully saturated rings. The predicted octanol–water partition coefficient (Wildman–Crippen LogP) is 19.1. The summed E-state index contributed by atoms with van der Waals surface area (Å²) in [6, 6.07) is 96.6. The molecule has 0 aliphatic carbocycles. The zero-order chi connectivity index (χ0) is 46.8. The molecular weight excluding hydrogens is 861 g/mol. The lowest BCUT2D eigenvalue weighted by Crippen LogP contribution is -2.09. The summed E-state index contributed by atoms with van der Waals surface area (Å²) in [4.78, 5) is 2.35. The van der Waals surface area contributed by atoms with Crippen molar-refractivity contribution in [2.45, 2.75) is 0 Å². The predicted molar refractivity (Wildman–Crippen MR) is 299 cm³/mol. The summed E-state index contributed by atoms with van der Waals surface area (Å²) < 4.78 is 8.87. The summed E-state index contributed by atoms with van der Waals surface area (Å²) >= 11 is 0. The summed E-state index contributed by atoms with van der Waals surface area (Å²) in [6.07, 6.45) is 0. The molecule has 14 aromatic rings. The van der Waals surface area contributed by atoms with E-state index in [2.05, 4.69) is 264 Å². The highest BCUT2D eigenvalue weighted by molar-refractivity contribution is 6.14. The van der Waals surface area contributed by atoms with Crippen LogP contribution in [0.3, 0.4) is 0 Å². The Hall–Kier alpha value is -9.44. The number of furan rings is 1. The van der Waals surface area contributed by atoms with Gasteiger partial charge in [0.1, 0.15) is 11.2 Å². The molecule has 0 saturated heterocycles. The van der Waals surface area contributed by atoms with Crippen LogP contribution in [-0.2, 0) is 0 Å². The summed E-state index contributed by atoms with van der Waals surface area (Å²) in [5, 5.41) is 9.81. The van der Waals surface area contributed by atoms with Gasteiger partial charge in [0.05, 0.1) is 16.7 Å².